The number of aryl methyl sites for hydroxylation is 4. The van der Waals surface area contributed by atoms with E-state index < -0.39 is 0 Å². The Morgan fingerprint density at radius 3 is 2.16 bits per heavy atom. The van der Waals surface area contributed by atoms with E-state index in [2.05, 4.69) is 112 Å². The second-order valence-electron chi connectivity index (χ2n) is 11.4. The summed E-state index contributed by atoms with van der Waals surface area (Å²) in [5.74, 6) is 2.42. The average Bonchev–Trinajstić information content (AvgIpc) is 3.53. The summed E-state index contributed by atoms with van der Waals surface area (Å²) in [6.07, 6.45) is 3.84. The van der Waals surface area contributed by atoms with Crippen LogP contribution in [0.25, 0.3) is 44.4 Å². The number of pyridine rings is 1. The molecule has 218 valence electrons. The highest BCUT2D eigenvalue weighted by Crippen LogP contribution is 2.37. The Labute approximate surface area is 258 Å². The summed E-state index contributed by atoms with van der Waals surface area (Å²) in [5, 5.41) is 7.38. The fourth-order valence-electron chi connectivity index (χ4n) is 6.54. The molecule has 0 bridgehead atoms. The lowest BCUT2D eigenvalue weighted by atomic mass is 9.91. The molecule has 5 nitrogen and oxygen atoms in total. The van der Waals surface area contributed by atoms with Crippen LogP contribution in [0.4, 0.5) is 0 Å². The van der Waals surface area contributed by atoms with Crippen molar-refractivity contribution in [2.24, 2.45) is 0 Å². The smallest absolute Gasteiger partial charge is 0.137 e. The van der Waals surface area contributed by atoms with Crippen LogP contribution in [0.1, 0.15) is 41.9 Å². The SMILES string of the molecule is CCc1cccc(CC)c1-c1c(C)nn(-c2cccc(Oc3ccc4c5ccccc5n(-c5cc(C)ccn5)c4c3)c2)c1C. The van der Waals surface area contributed by atoms with Crippen LogP contribution >= 0.6 is 0 Å². The maximum Gasteiger partial charge on any atom is 0.137 e. The normalized spacial score (nSPS) is 11.5. The van der Waals surface area contributed by atoms with E-state index in [0.29, 0.717) is 0 Å². The molecule has 3 aromatic heterocycles. The minimum Gasteiger partial charge on any atom is -0.457 e. The van der Waals surface area contributed by atoms with Crippen LogP contribution in [0, 0.1) is 20.8 Å². The molecular formula is C39H36N4O. The molecule has 5 heteroatoms. The zero-order valence-corrected chi connectivity index (χ0v) is 25.9. The molecule has 0 saturated heterocycles. The molecule has 0 amide bonds. The maximum absolute atomic E-state index is 6.52. The number of aromatic nitrogens is 4. The van der Waals surface area contributed by atoms with Gasteiger partial charge in [-0.15, -0.1) is 0 Å². The summed E-state index contributed by atoms with van der Waals surface area (Å²) < 4.78 is 10.8. The predicted molar refractivity (Wildman–Crippen MR) is 181 cm³/mol. The third-order valence-corrected chi connectivity index (χ3v) is 8.61. The average molecular weight is 577 g/mol. The Hall–Kier alpha value is -5.16. The van der Waals surface area contributed by atoms with Gasteiger partial charge in [-0.25, -0.2) is 9.67 Å². The number of fused-ring (bicyclic) bond motifs is 3. The molecule has 0 fully saturated rings. The minimum atomic E-state index is 0.760. The highest BCUT2D eigenvalue weighted by molar-refractivity contribution is 6.09. The Morgan fingerprint density at radius 1 is 0.659 bits per heavy atom. The molecule has 0 aliphatic carbocycles. The molecular weight excluding hydrogens is 540 g/mol. The zero-order chi connectivity index (χ0) is 30.4. The molecule has 0 atom stereocenters. The van der Waals surface area contributed by atoms with Gasteiger partial charge < -0.3 is 4.74 Å². The van der Waals surface area contributed by atoms with Gasteiger partial charge in [-0.1, -0.05) is 56.3 Å². The van der Waals surface area contributed by atoms with Crippen molar-refractivity contribution in [2.45, 2.75) is 47.5 Å². The first kappa shape index (κ1) is 27.7. The molecule has 0 spiro atoms. The van der Waals surface area contributed by atoms with Crippen LogP contribution in [0.2, 0.25) is 0 Å². The molecule has 4 aromatic carbocycles. The predicted octanol–water partition coefficient (Wildman–Crippen LogP) is 9.87. The van der Waals surface area contributed by atoms with Gasteiger partial charge in [-0.05, 0) is 98.3 Å². The first-order valence-corrected chi connectivity index (χ1v) is 15.4. The lowest BCUT2D eigenvalue weighted by Crippen LogP contribution is -2.00. The van der Waals surface area contributed by atoms with E-state index in [-0.39, 0.29) is 0 Å². The van der Waals surface area contributed by atoms with Gasteiger partial charge in [0.1, 0.15) is 17.3 Å². The monoisotopic (exact) mass is 576 g/mol. The summed E-state index contributed by atoms with van der Waals surface area (Å²) in [6, 6.07) is 33.8. The van der Waals surface area contributed by atoms with Crippen LogP contribution in [-0.2, 0) is 12.8 Å². The second-order valence-corrected chi connectivity index (χ2v) is 11.4. The van der Waals surface area contributed by atoms with Gasteiger partial charge in [0.05, 0.1) is 22.4 Å². The standard InChI is InChI=1S/C39H36N4O/c1-6-28-12-10-13-29(7-2)39(28)38-26(4)41-43(27(38)5)30-14-11-15-31(23-30)44-32-18-19-34-33-16-8-9-17-35(33)42(36(34)24-32)37-22-25(3)20-21-40-37/h8-24H,6-7H2,1-5H3. The van der Waals surface area contributed by atoms with Crippen LogP contribution < -0.4 is 4.74 Å². The van der Waals surface area contributed by atoms with Crippen LogP contribution in [0.3, 0.4) is 0 Å². The molecule has 3 heterocycles. The van der Waals surface area contributed by atoms with Crippen molar-refractivity contribution < 1.29 is 4.74 Å². The first-order valence-electron chi connectivity index (χ1n) is 15.4. The van der Waals surface area contributed by atoms with E-state index in [1.807, 2.05) is 35.1 Å². The number of hydrogen-bond donors (Lipinski definition) is 0. The lowest BCUT2D eigenvalue weighted by molar-refractivity contribution is 0.483. The van der Waals surface area contributed by atoms with E-state index in [1.165, 1.54) is 38.6 Å². The van der Waals surface area contributed by atoms with Crippen molar-refractivity contribution >= 4 is 21.8 Å². The molecule has 7 aromatic rings. The summed E-state index contributed by atoms with van der Waals surface area (Å²) in [4.78, 5) is 4.71. The van der Waals surface area contributed by atoms with Crippen LogP contribution in [0.5, 0.6) is 11.5 Å². The number of benzene rings is 4. The Morgan fingerprint density at radius 2 is 1.39 bits per heavy atom. The van der Waals surface area contributed by atoms with Crippen molar-refractivity contribution in [1.82, 2.24) is 19.3 Å². The molecule has 0 saturated carbocycles. The molecule has 7 rings (SSSR count). The van der Waals surface area contributed by atoms with Crippen molar-refractivity contribution in [1.29, 1.82) is 0 Å². The van der Waals surface area contributed by atoms with E-state index in [1.54, 1.807) is 0 Å². The van der Waals surface area contributed by atoms with Gasteiger partial charge in [-0.2, -0.15) is 5.10 Å². The van der Waals surface area contributed by atoms with Gasteiger partial charge in [0.25, 0.3) is 0 Å². The minimum absolute atomic E-state index is 0.760. The van der Waals surface area contributed by atoms with Gasteiger partial charge in [0.2, 0.25) is 0 Å². The van der Waals surface area contributed by atoms with Crippen molar-refractivity contribution in [3.63, 3.8) is 0 Å². The van der Waals surface area contributed by atoms with Crippen LogP contribution in [-0.4, -0.2) is 19.3 Å². The lowest BCUT2D eigenvalue weighted by Gasteiger charge is -2.14. The molecule has 0 aliphatic rings. The van der Waals surface area contributed by atoms with Gasteiger partial charge in [0, 0.05) is 40.4 Å². The Kier molecular flexibility index (Phi) is 7.01. The van der Waals surface area contributed by atoms with Crippen molar-refractivity contribution in [2.75, 3.05) is 0 Å². The molecule has 0 radical (unpaired) electrons. The highest BCUT2D eigenvalue weighted by Gasteiger charge is 2.20. The fraction of sp³-hybridized carbons (Fsp3) is 0.179. The van der Waals surface area contributed by atoms with E-state index in [9.17, 15) is 0 Å². The zero-order valence-electron chi connectivity index (χ0n) is 25.9. The summed E-state index contributed by atoms with van der Waals surface area (Å²) in [7, 11) is 0. The summed E-state index contributed by atoms with van der Waals surface area (Å²) in [5.41, 5.74) is 11.8. The molecule has 0 unspecified atom stereocenters. The second kappa shape index (κ2) is 11.2. The molecule has 0 N–H and O–H groups in total. The quantitative estimate of drug-likeness (QED) is 0.190. The van der Waals surface area contributed by atoms with E-state index >= 15 is 0 Å². The summed E-state index contributed by atoms with van der Waals surface area (Å²) >= 11 is 0. The van der Waals surface area contributed by atoms with Crippen molar-refractivity contribution in [3.8, 4) is 34.1 Å². The van der Waals surface area contributed by atoms with Crippen LogP contribution in [0.15, 0.2) is 103 Å². The third kappa shape index (κ3) is 4.65. The number of nitrogens with zero attached hydrogens (tertiary/aromatic N) is 4. The number of para-hydroxylation sites is 1. The fourth-order valence-corrected chi connectivity index (χ4v) is 6.54. The summed E-state index contributed by atoms with van der Waals surface area (Å²) in [6.45, 7) is 10.8. The number of rotatable bonds is 7. The highest BCUT2D eigenvalue weighted by atomic mass is 16.5. The van der Waals surface area contributed by atoms with E-state index in [4.69, 9.17) is 14.8 Å². The van der Waals surface area contributed by atoms with Crippen molar-refractivity contribution in [3.05, 3.63) is 131 Å². The molecule has 0 aliphatic heterocycles. The topological polar surface area (TPSA) is 44.9 Å². The number of hydrogen-bond acceptors (Lipinski definition) is 3. The third-order valence-electron chi connectivity index (χ3n) is 8.61. The first-order chi connectivity index (χ1) is 21.5. The Balaban J connectivity index is 1.29. The number of ether oxygens (including phenoxy) is 1. The molecule has 44 heavy (non-hydrogen) atoms. The maximum atomic E-state index is 6.52. The van der Waals surface area contributed by atoms with Gasteiger partial charge >= 0.3 is 0 Å². The van der Waals surface area contributed by atoms with Gasteiger partial charge in [0.15, 0.2) is 0 Å². The van der Waals surface area contributed by atoms with Gasteiger partial charge in [-0.3, -0.25) is 4.57 Å². The Bertz CT molecular complexity index is 2150. The van der Waals surface area contributed by atoms with E-state index in [0.717, 1.165) is 58.3 Å². The largest absolute Gasteiger partial charge is 0.457 e.